The highest BCUT2D eigenvalue weighted by Crippen LogP contribution is 2.66. The zero-order valence-corrected chi connectivity index (χ0v) is 26.9. The van der Waals surface area contributed by atoms with Gasteiger partial charge in [-0.05, 0) is 24.6 Å². The number of nitro groups is 1. The van der Waals surface area contributed by atoms with Crippen LogP contribution in [0.5, 0.6) is 0 Å². The predicted molar refractivity (Wildman–Crippen MR) is 156 cm³/mol. The lowest BCUT2D eigenvalue weighted by Gasteiger charge is -2.19. The molecule has 47 heavy (non-hydrogen) atoms. The Kier molecular flexibility index (Phi) is 13.3. The zero-order chi connectivity index (χ0) is 35.0. The number of amides is 1. The van der Waals surface area contributed by atoms with E-state index >= 15 is 0 Å². The van der Waals surface area contributed by atoms with Crippen LogP contribution in [0.3, 0.4) is 0 Å². The van der Waals surface area contributed by atoms with Crippen molar-refractivity contribution in [1.29, 1.82) is 0 Å². The van der Waals surface area contributed by atoms with E-state index in [2.05, 4.69) is 34.3 Å². The standard InChI is InChI=1S/C21H31N6O17P3/c1-13-2-3-14(15(10-13)27(31)32)22-6-9-40-8-5-19(29)25-24-18-4-7-26(21(30)23-18)20-11-16(28)17(42-20)12-41-46(36,37)44-47(38,39)43-45(33,34)35/h2-4,7,10,16-17,20,22,28H,5-6,8-9,11-12H2,1H3,(H,25,29)(H,36,37)(H,38,39)(H,23,24,30)(H2,33,34,35). The van der Waals surface area contributed by atoms with Crippen LogP contribution in [-0.4, -0.2) is 83.6 Å². The van der Waals surface area contributed by atoms with Crippen molar-refractivity contribution in [2.24, 2.45) is 0 Å². The maximum absolute atomic E-state index is 12.5. The SMILES string of the molecule is Cc1ccc(NCCOCCC(=O)NNc2ccn(C3CC(O)C(COP(=O)(O)OP(=O)(O)OP(=O)(O)O)O3)c(=O)n2)c([N+](=O)[O-])c1. The Labute approximate surface area is 264 Å². The topological polar surface area (TPSA) is 330 Å². The van der Waals surface area contributed by atoms with Crippen molar-refractivity contribution < 1.29 is 70.7 Å². The lowest BCUT2D eigenvalue weighted by atomic mass is 10.2. The minimum absolute atomic E-state index is 0.0186. The Hall–Kier alpha value is -3.14. The fourth-order valence-corrected chi connectivity index (χ4v) is 6.90. The van der Waals surface area contributed by atoms with E-state index in [0.29, 0.717) is 5.69 Å². The van der Waals surface area contributed by atoms with Crippen LogP contribution in [0.2, 0.25) is 0 Å². The lowest BCUT2D eigenvalue weighted by molar-refractivity contribution is -0.384. The van der Waals surface area contributed by atoms with Crippen molar-refractivity contribution in [3.63, 3.8) is 0 Å². The molecule has 0 aliphatic carbocycles. The number of carbonyl (C=O) groups excluding carboxylic acids is 1. The van der Waals surface area contributed by atoms with Gasteiger partial charge >= 0.3 is 29.2 Å². The van der Waals surface area contributed by atoms with Gasteiger partial charge < -0.3 is 39.5 Å². The van der Waals surface area contributed by atoms with Gasteiger partial charge in [0.25, 0.3) is 5.69 Å². The zero-order valence-electron chi connectivity index (χ0n) is 24.2. The van der Waals surface area contributed by atoms with E-state index in [1.54, 1.807) is 19.1 Å². The number of anilines is 2. The summed E-state index contributed by atoms with van der Waals surface area (Å²) in [6.45, 7) is 1.23. The first-order valence-corrected chi connectivity index (χ1v) is 17.7. The first-order valence-electron chi connectivity index (χ1n) is 13.2. The molecule has 1 saturated heterocycles. The Morgan fingerprint density at radius 1 is 1.15 bits per heavy atom. The molecule has 262 valence electrons. The number of rotatable bonds is 18. The van der Waals surface area contributed by atoms with Crippen LogP contribution in [0.1, 0.15) is 24.6 Å². The molecule has 0 saturated carbocycles. The highest BCUT2D eigenvalue weighted by Gasteiger charge is 2.43. The highest BCUT2D eigenvalue weighted by atomic mass is 31.3. The molecule has 5 unspecified atom stereocenters. The Morgan fingerprint density at radius 2 is 1.87 bits per heavy atom. The first kappa shape index (κ1) is 38.3. The summed E-state index contributed by atoms with van der Waals surface area (Å²) in [5, 5.41) is 24.3. The first-order chi connectivity index (χ1) is 21.8. The highest BCUT2D eigenvalue weighted by molar-refractivity contribution is 7.66. The van der Waals surface area contributed by atoms with Gasteiger partial charge in [0, 0.05) is 25.2 Å². The summed E-state index contributed by atoms with van der Waals surface area (Å²) in [5.41, 5.74) is 4.88. The number of hydrazine groups is 1. The van der Waals surface area contributed by atoms with E-state index < -0.39 is 65.0 Å². The number of aliphatic hydroxyl groups is 1. The molecular formula is C21H31N6O17P3. The third-order valence-corrected chi connectivity index (χ3v) is 9.68. The van der Waals surface area contributed by atoms with E-state index in [9.17, 15) is 48.3 Å². The van der Waals surface area contributed by atoms with Crippen LogP contribution < -0.4 is 21.9 Å². The fourth-order valence-electron chi connectivity index (χ4n) is 3.87. The maximum Gasteiger partial charge on any atom is 0.490 e. The van der Waals surface area contributed by atoms with Gasteiger partial charge in [0.1, 0.15) is 18.0 Å². The summed E-state index contributed by atoms with van der Waals surface area (Å²) in [4.78, 5) is 74.9. The average Bonchev–Trinajstić information content (AvgIpc) is 3.31. The molecule has 2 heterocycles. The molecular weight excluding hydrogens is 701 g/mol. The Morgan fingerprint density at radius 3 is 2.53 bits per heavy atom. The smallest absolute Gasteiger partial charge is 0.390 e. The summed E-state index contributed by atoms with van der Waals surface area (Å²) >= 11 is 0. The largest absolute Gasteiger partial charge is 0.490 e. The van der Waals surface area contributed by atoms with Gasteiger partial charge in [0.05, 0.1) is 37.3 Å². The quantitative estimate of drug-likeness (QED) is 0.0445. The second-order valence-electron chi connectivity index (χ2n) is 9.56. The molecule has 1 aromatic carbocycles. The molecule has 1 aliphatic rings. The van der Waals surface area contributed by atoms with Crippen molar-refractivity contribution in [2.75, 3.05) is 37.1 Å². The van der Waals surface area contributed by atoms with Crippen LogP contribution in [0, 0.1) is 17.0 Å². The van der Waals surface area contributed by atoms with Gasteiger partial charge in [0.2, 0.25) is 5.91 Å². The number of aliphatic hydroxyl groups excluding tert-OH is 1. The summed E-state index contributed by atoms with van der Waals surface area (Å²) < 4.78 is 57.4. The van der Waals surface area contributed by atoms with Crippen molar-refractivity contribution in [3.05, 3.63) is 56.6 Å². The van der Waals surface area contributed by atoms with Crippen LogP contribution in [0.15, 0.2) is 35.3 Å². The van der Waals surface area contributed by atoms with Crippen molar-refractivity contribution in [3.8, 4) is 0 Å². The third kappa shape index (κ3) is 12.8. The fraction of sp³-hybridized carbons (Fsp3) is 0.476. The van der Waals surface area contributed by atoms with Gasteiger partial charge in [0.15, 0.2) is 5.82 Å². The van der Waals surface area contributed by atoms with Gasteiger partial charge in [-0.25, -0.2) is 18.5 Å². The molecule has 23 nitrogen and oxygen atoms in total. The van der Waals surface area contributed by atoms with Gasteiger partial charge in [-0.15, -0.1) is 0 Å². The van der Waals surface area contributed by atoms with Crippen LogP contribution in [0.4, 0.5) is 17.2 Å². The Balaban J connectivity index is 1.40. The third-order valence-electron chi connectivity index (χ3n) is 5.88. The average molecular weight is 732 g/mol. The second-order valence-corrected chi connectivity index (χ2v) is 14.0. The van der Waals surface area contributed by atoms with E-state index in [1.165, 1.54) is 18.3 Å². The number of nitrogens with zero attached hydrogens (tertiary/aromatic N) is 3. The maximum atomic E-state index is 12.5. The lowest BCUT2D eigenvalue weighted by Crippen LogP contribution is -2.33. The number of hydrogen-bond acceptors (Lipinski definition) is 16. The molecule has 1 aromatic heterocycles. The number of nitro benzene ring substituents is 1. The van der Waals surface area contributed by atoms with Crippen molar-refractivity contribution in [1.82, 2.24) is 15.0 Å². The summed E-state index contributed by atoms with van der Waals surface area (Å²) in [7, 11) is -16.8. The molecule has 1 fully saturated rings. The summed E-state index contributed by atoms with van der Waals surface area (Å²) in [5.74, 6) is -0.577. The minimum Gasteiger partial charge on any atom is -0.390 e. The summed E-state index contributed by atoms with van der Waals surface area (Å²) in [6.07, 6.45) is -2.99. The number of benzene rings is 1. The van der Waals surface area contributed by atoms with E-state index in [-0.39, 0.29) is 44.1 Å². The molecule has 0 spiro atoms. The number of phosphoric acid groups is 3. The van der Waals surface area contributed by atoms with Crippen LogP contribution >= 0.6 is 23.5 Å². The van der Waals surface area contributed by atoms with E-state index in [0.717, 1.165) is 10.1 Å². The van der Waals surface area contributed by atoms with Crippen LogP contribution in [0.25, 0.3) is 0 Å². The number of hydrogen-bond donors (Lipinski definition) is 8. The Bertz CT molecular complexity index is 1640. The second kappa shape index (κ2) is 16.3. The number of phosphoric ester groups is 1. The van der Waals surface area contributed by atoms with Gasteiger partial charge in [-0.2, -0.15) is 13.6 Å². The molecule has 0 bridgehead atoms. The predicted octanol–water partition coefficient (Wildman–Crippen LogP) is 0.414. The van der Waals surface area contributed by atoms with Crippen molar-refractivity contribution >= 4 is 46.6 Å². The molecule has 1 aliphatic heterocycles. The van der Waals surface area contributed by atoms with E-state index in [1.807, 2.05) is 0 Å². The number of aryl methyl sites for hydroxylation is 1. The van der Waals surface area contributed by atoms with Gasteiger partial charge in [-0.3, -0.25) is 34.9 Å². The van der Waals surface area contributed by atoms with Crippen LogP contribution in [-0.2, 0) is 41.1 Å². The van der Waals surface area contributed by atoms with Gasteiger partial charge in [-0.1, -0.05) is 6.07 Å². The van der Waals surface area contributed by atoms with Crippen molar-refractivity contribution in [2.45, 2.75) is 38.2 Å². The van der Waals surface area contributed by atoms with E-state index in [4.69, 9.17) is 19.3 Å². The summed E-state index contributed by atoms with van der Waals surface area (Å²) in [6, 6.07) is 6.03. The minimum atomic E-state index is -5.74. The molecule has 1 amide bonds. The molecule has 0 radical (unpaired) electrons. The normalized spacial score (nSPS) is 20.6. The number of ether oxygens (including phenoxy) is 2. The molecule has 26 heteroatoms. The molecule has 8 N–H and O–H groups in total. The molecule has 5 atom stereocenters. The molecule has 3 rings (SSSR count). The number of aromatic nitrogens is 2. The monoisotopic (exact) mass is 732 g/mol. The number of carbonyl (C=O) groups is 1. The molecule has 2 aromatic rings. The number of nitrogens with one attached hydrogen (secondary N) is 3.